The lowest BCUT2D eigenvalue weighted by Crippen LogP contribution is -2.37. The van der Waals surface area contributed by atoms with Crippen LogP contribution >= 0.6 is 0 Å². The normalized spacial score (nSPS) is 10.7. The number of hydrogen-bond acceptors (Lipinski definition) is 5. The average Bonchev–Trinajstić information content (AvgIpc) is 2.60. The fourth-order valence-electron chi connectivity index (χ4n) is 2.32. The highest BCUT2D eigenvalue weighted by Crippen LogP contribution is 2.29. The lowest BCUT2D eigenvalue weighted by molar-refractivity contribution is -0.114. The smallest absolute Gasteiger partial charge is 0.245 e. The van der Waals surface area contributed by atoms with Gasteiger partial charge in [0.25, 0.3) is 0 Å². The van der Waals surface area contributed by atoms with Gasteiger partial charge in [-0.15, -0.1) is 0 Å². The highest BCUT2D eigenvalue weighted by atomic mass is 32.2. The molecule has 0 aliphatic rings. The molecule has 1 N–H and O–H groups in total. The van der Waals surface area contributed by atoms with E-state index in [0.717, 1.165) is 10.6 Å². The zero-order chi connectivity index (χ0) is 19.2. The van der Waals surface area contributed by atoms with Crippen molar-refractivity contribution in [3.63, 3.8) is 0 Å². The van der Waals surface area contributed by atoms with Gasteiger partial charge in [0.2, 0.25) is 15.9 Å². The summed E-state index contributed by atoms with van der Waals surface area (Å²) in [4.78, 5) is 12.4. The van der Waals surface area contributed by atoms with Crippen LogP contribution in [0, 0.1) is 11.3 Å². The fourth-order valence-corrected chi connectivity index (χ4v) is 3.18. The summed E-state index contributed by atoms with van der Waals surface area (Å²) in [5, 5.41) is 11.5. The second kappa shape index (κ2) is 8.36. The molecule has 2 rings (SSSR count). The minimum atomic E-state index is -3.72. The molecule has 1 amide bonds. The molecular formula is C18H19N3O4S. The zero-order valence-corrected chi connectivity index (χ0v) is 15.3. The van der Waals surface area contributed by atoms with Crippen LogP contribution in [0.5, 0.6) is 5.75 Å². The summed E-state index contributed by atoms with van der Waals surface area (Å²) in [5.41, 5.74) is 1.10. The summed E-state index contributed by atoms with van der Waals surface area (Å²) in [6, 6.07) is 15.0. The van der Waals surface area contributed by atoms with Crippen molar-refractivity contribution in [2.45, 2.75) is 6.92 Å². The van der Waals surface area contributed by atoms with Crippen LogP contribution in [0.3, 0.4) is 0 Å². The number of nitrogens with one attached hydrogen (secondary N) is 1. The van der Waals surface area contributed by atoms with E-state index < -0.39 is 22.5 Å². The number of nitrogens with zero attached hydrogens (tertiary/aromatic N) is 2. The van der Waals surface area contributed by atoms with Gasteiger partial charge in [0.05, 0.1) is 30.2 Å². The molecule has 0 heterocycles. The third-order valence-electron chi connectivity index (χ3n) is 3.40. The molecule has 0 unspecified atom stereocenters. The Morgan fingerprint density at radius 2 is 1.96 bits per heavy atom. The lowest BCUT2D eigenvalue weighted by Gasteiger charge is -2.24. The molecule has 0 aliphatic heterocycles. The second-order valence-electron chi connectivity index (χ2n) is 5.41. The standard InChI is InChI=1S/C18H19N3O4S/c1-3-25-17-10-5-4-9-16(17)21(26(2,23)24)13-18(22)20-15-8-6-7-14(11-15)12-19/h4-11H,3,13H2,1-2H3,(H,20,22). The Morgan fingerprint density at radius 3 is 2.62 bits per heavy atom. The van der Waals surface area contributed by atoms with Gasteiger partial charge in [0.1, 0.15) is 12.3 Å². The van der Waals surface area contributed by atoms with Crippen LogP contribution in [-0.4, -0.2) is 33.7 Å². The minimum absolute atomic E-state index is 0.290. The number of ether oxygens (including phenoxy) is 1. The number of benzene rings is 2. The third-order valence-corrected chi connectivity index (χ3v) is 4.52. The van der Waals surface area contributed by atoms with Crippen LogP contribution in [0.25, 0.3) is 0 Å². The molecule has 0 aliphatic carbocycles. The van der Waals surface area contributed by atoms with Crippen molar-refractivity contribution in [3.05, 3.63) is 54.1 Å². The Balaban J connectivity index is 2.26. The first-order chi connectivity index (χ1) is 12.3. The number of anilines is 2. The molecule has 0 saturated carbocycles. The molecule has 136 valence electrons. The van der Waals surface area contributed by atoms with E-state index in [0.29, 0.717) is 23.6 Å². The molecule has 0 aromatic heterocycles. The molecule has 0 radical (unpaired) electrons. The number of carbonyl (C=O) groups is 1. The molecule has 7 nitrogen and oxygen atoms in total. The Hall–Kier alpha value is -3.05. The molecule has 26 heavy (non-hydrogen) atoms. The van der Waals surface area contributed by atoms with Crippen molar-refractivity contribution in [3.8, 4) is 11.8 Å². The Kier molecular flexibility index (Phi) is 6.20. The second-order valence-corrected chi connectivity index (χ2v) is 7.32. The predicted molar refractivity (Wildman–Crippen MR) is 99.6 cm³/mol. The van der Waals surface area contributed by atoms with E-state index in [2.05, 4.69) is 5.32 Å². The Bertz CT molecular complexity index is 935. The average molecular weight is 373 g/mol. The summed E-state index contributed by atoms with van der Waals surface area (Å²) in [7, 11) is -3.72. The van der Waals surface area contributed by atoms with Gasteiger partial charge in [-0.25, -0.2) is 8.42 Å². The number of rotatable bonds is 7. The van der Waals surface area contributed by atoms with Crippen molar-refractivity contribution in [2.24, 2.45) is 0 Å². The van der Waals surface area contributed by atoms with Gasteiger partial charge in [-0.3, -0.25) is 9.10 Å². The van der Waals surface area contributed by atoms with Gasteiger partial charge < -0.3 is 10.1 Å². The van der Waals surface area contributed by atoms with Gasteiger partial charge in [0.15, 0.2) is 0 Å². The lowest BCUT2D eigenvalue weighted by atomic mass is 10.2. The molecule has 0 spiro atoms. The van der Waals surface area contributed by atoms with Crippen molar-refractivity contribution in [1.29, 1.82) is 5.26 Å². The molecule has 2 aromatic carbocycles. The number of carbonyl (C=O) groups excluding carboxylic acids is 1. The maximum atomic E-state index is 12.4. The quantitative estimate of drug-likeness (QED) is 0.803. The number of sulfonamides is 1. The van der Waals surface area contributed by atoms with Crippen LogP contribution in [0.2, 0.25) is 0 Å². The van der Waals surface area contributed by atoms with Gasteiger partial charge in [-0.1, -0.05) is 18.2 Å². The molecule has 8 heteroatoms. The van der Waals surface area contributed by atoms with Crippen molar-refractivity contribution >= 4 is 27.3 Å². The van der Waals surface area contributed by atoms with E-state index in [1.807, 2.05) is 6.07 Å². The molecular weight excluding hydrogens is 354 g/mol. The summed E-state index contributed by atoms with van der Waals surface area (Å²) < 4.78 is 30.9. The largest absolute Gasteiger partial charge is 0.492 e. The van der Waals surface area contributed by atoms with E-state index >= 15 is 0 Å². The molecule has 2 aromatic rings. The van der Waals surface area contributed by atoms with Gasteiger partial charge in [-0.2, -0.15) is 5.26 Å². The van der Waals surface area contributed by atoms with E-state index in [1.165, 1.54) is 6.07 Å². The van der Waals surface area contributed by atoms with Gasteiger partial charge in [0, 0.05) is 5.69 Å². The third kappa shape index (κ3) is 4.97. The molecule has 0 bridgehead atoms. The number of hydrogen-bond donors (Lipinski definition) is 1. The molecule has 0 fully saturated rings. The van der Waals surface area contributed by atoms with E-state index in [4.69, 9.17) is 10.00 Å². The molecule has 0 atom stereocenters. The highest BCUT2D eigenvalue weighted by molar-refractivity contribution is 7.92. The maximum absolute atomic E-state index is 12.4. The van der Waals surface area contributed by atoms with Crippen LogP contribution in [0.4, 0.5) is 11.4 Å². The van der Waals surface area contributed by atoms with E-state index in [9.17, 15) is 13.2 Å². The summed E-state index contributed by atoms with van der Waals surface area (Å²) >= 11 is 0. The minimum Gasteiger partial charge on any atom is -0.492 e. The van der Waals surface area contributed by atoms with Crippen molar-refractivity contribution in [1.82, 2.24) is 0 Å². The van der Waals surface area contributed by atoms with Gasteiger partial charge in [-0.05, 0) is 37.3 Å². The first-order valence-electron chi connectivity index (χ1n) is 7.84. The van der Waals surface area contributed by atoms with Crippen LogP contribution < -0.4 is 14.4 Å². The zero-order valence-electron chi connectivity index (χ0n) is 14.5. The van der Waals surface area contributed by atoms with E-state index in [1.54, 1.807) is 49.4 Å². The summed E-state index contributed by atoms with van der Waals surface area (Å²) in [6.07, 6.45) is 1.03. The van der Waals surface area contributed by atoms with Crippen molar-refractivity contribution < 1.29 is 17.9 Å². The SMILES string of the molecule is CCOc1ccccc1N(CC(=O)Nc1cccc(C#N)c1)S(C)(=O)=O. The summed E-state index contributed by atoms with van der Waals surface area (Å²) in [6.45, 7) is 1.73. The van der Waals surface area contributed by atoms with E-state index in [-0.39, 0.29) is 5.69 Å². The topological polar surface area (TPSA) is 99.5 Å². The fraction of sp³-hybridized carbons (Fsp3) is 0.222. The van der Waals surface area contributed by atoms with Crippen molar-refractivity contribution in [2.75, 3.05) is 29.0 Å². The Morgan fingerprint density at radius 1 is 1.23 bits per heavy atom. The summed E-state index contributed by atoms with van der Waals surface area (Å²) in [5.74, 6) is -0.156. The van der Waals surface area contributed by atoms with Crippen LogP contribution in [0.1, 0.15) is 12.5 Å². The number of nitriles is 1. The van der Waals surface area contributed by atoms with Crippen LogP contribution in [0.15, 0.2) is 48.5 Å². The highest BCUT2D eigenvalue weighted by Gasteiger charge is 2.24. The Labute approximate surface area is 152 Å². The van der Waals surface area contributed by atoms with Crippen LogP contribution in [-0.2, 0) is 14.8 Å². The number of para-hydroxylation sites is 2. The first-order valence-corrected chi connectivity index (χ1v) is 9.69. The monoisotopic (exact) mass is 373 g/mol. The first kappa shape index (κ1) is 19.3. The number of amides is 1. The van der Waals surface area contributed by atoms with Gasteiger partial charge >= 0.3 is 0 Å². The predicted octanol–water partition coefficient (Wildman–Crippen LogP) is 2.36. The molecule has 0 saturated heterocycles. The maximum Gasteiger partial charge on any atom is 0.245 e.